The summed E-state index contributed by atoms with van der Waals surface area (Å²) in [5.41, 5.74) is 7.16. The fourth-order valence-corrected chi connectivity index (χ4v) is 2.45. The van der Waals surface area contributed by atoms with Crippen LogP contribution in [0.25, 0.3) is 0 Å². The summed E-state index contributed by atoms with van der Waals surface area (Å²) in [4.78, 5) is 12.1. The maximum absolute atomic E-state index is 12.1. The van der Waals surface area contributed by atoms with E-state index in [4.69, 9.17) is 17.3 Å². The lowest BCUT2D eigenvalue weighted by Gasteiger charge is -2.04. The number of anilines is 2. The molecule has 0 saturated heterocycles. The minimum atomic E-state index is -0.0603. The van der Waals surface area contributed by atoms with Crippen molar-refractivity contribution in [2.75, 3.05) is 11.1 Å². The van der Waals surface area contributed by atoms with Gasteiger partial charge >= 0.3 is 0 Å². The Balaban J connectivity index is 1.66. The minimum absolute atomic E-state index is 0.0447. The fraction of sp³-hybridized carbons (Fsp3) is 0.214. The van der Waals surface area contributed by atoms with E-state index in [2.05, 4.69) is 15.5 Å². The third-order valence-electron chi connectivity index (χ3n) is 3.33. The first kappa shape index (κ1) is 12.9. The molecule has 0 aliphatic heterocycles. The van der Waals surface area contributed by atoms with Crippen LogP contribution < -0.4 is 11.1 Å². The highest BCUT2D eigenvalue weighted by Gasteiger charge is 2.44. The molecule has 2 atom stereocenters. The summed E-state index contributed by atoms with van der Waals surface area (Å²) in [6.07, 6.45) is 2.25. The van der Waals surface area contributed by atoms with Gasteiger partial charge in [0.25, 0.3) is 0 Å². The highest BCUT2D eigenvalue weighted by Crippen LogP contribution is 2.48. The Morgan fingerprint density at radius 2 is 2.25 bits per heavy atom. The largest absolute Gasteiger partial charge is 0.397 e. The predicted molar refractivity (Wildman–Crippen MR) is 77.4 cm³/mol. The summed E-state index contributed by atoms with van der Waals surface area (Å²) in [5.74, 6) is 0.501. The van der Waals surface area contributed by atoms with Gasteiger partial charge in [-0.2, -0.15) is 5.10 Å². The van der Waals surface area contributed by atoms with Crippen molar-refractivity contribution in [2.24, 2.45) is 5.92 Å². The van der Waals surface area contributed by atoms with E-state index in [1.165, 1.54) is 6.20 Å². The summed E-state index contributed by atoms with van der Waals surface area (Å²) >= 11 is 5.96. The number of rotatable bonds is 3. The van der Waals surface area contributed by atoms with Gasteiger partial charge in [0, 0.05) is 17.0 Å². The van der Waals surface area contributed by atoms with Crippen LogP contribution in [0.4, 0.5) is 11.5 Å². The fourth-order valence-electron chi connectivity index (χ4n) is 2.25. The molecule has 2 aromatic rings. The molecule has 102 valence electrons. The first-order valence-electron chi connectivity index (χ1n) is 6.28. The van der Waals surface area contributed by atoms with E-state index in [0.29, 0.717) is 16.5 Å². The minimum Gasteiger partial charge on any atom is -0.397 e. The summed E-state index contributed by atoms with van der Waals surface area (Å²) in [6.45, 7) is 0. The van der Waals surface area contributed by atoms with E-state index >= 15 is 0 Å². The number of aromatic nitrogens is 2. The molecule has 3 N–H and O–H groups in total. The van der Waals surface area contributed by atoms with Gasteiger partial charge in [0.1, 0.15) is 0 Å². The van der Waals surface area contributed by atoms with Gasteiger partial charge in [-0.15, -0.1) is 5.10 Å². The number of hydrogen-bond donors (Lipinski definition) is 2. The molecule has 1 saturated carbocycles. The average Bonchev–Trinajstić information content (AvgIpc) is 3.19. The third kappa shape index (κ3) is 2.72. The molecule has 1 fully saturated rings. The zero-order valence-corrected chi connectivity index (χ0v) is 11.3. The van der Waals surface area contributed by atoms with Gasteiger partial charge in [-0.25, -0.2) is 0 Å². The molecule has 1 aliphatic rings. The molecule has 1 aliphatic carbocycles. The molecule has 0 spiro atoms. The molecule has 5 nitrogen and oxygen atoms in total. The number of nitrogens with one attached hydrogen (secondary N) is 1. The van der Waals surface area contributed by atoms with Crippen molar-refractivity contribution < 1.29 is 4.79 Å². The van der Waals surface area contributed by atoms with Crippen molar-refractivity contribution in [2.45, 2.75) is 12.3 Å². The number of amides is 1. The Labute approximate surface area is 121 Å². The van der Waals surface area contributed by atoms with Crippen LogP contribution in [0.2, 0.25) is 5.02 Å². The quantitative estimate of drug-likeness (QED) is 0.909. The second-order valence-electron chi connectivity index (χ2n) is 4.87. The molecular formula is C14H13ClN4O. The monoisotopic (exact) mass is 288 g/mol. The van der Waals surface area contributed by atoms with Gasteiger partial charge in [0.15, 0.2) is 5.82 Å². The number of benzene rings is 1. The zero-order chi connectivity index (χ0) is 14.1. The molecule has 6 heteroatoms. The number of nitrogen functional groups attached to an aromatic ring is 1. The van der Waals surface area contributed by atoms with Gasteiger partial charge in [-0.3, -0.25) is 4.79 Å². The van der Waals surface area contributed by atoms with E-state index < -0.39 is 0 Å². The van der Waals surface area contributed by atoms with Crippen LogP contribution in [-0.2, 0) is 4.79 Å². The van der Waals surface area contributed by atoms with Crippen molar-refractivity contribution in [1.29, 1.82) is 0 Å². The number of carbonyl (C=O) groups is 1. The lowest BCUT2D eigenvalue weighted by molar-refractivity contribution is -0.117. The van der Waals surface area contributed by atoms with Crippen molar-refractivity contribution in [3.05, 3.63) is 47.1 Å². The van der Waals surface area contributed by atoms with Crippen molar-refractivity contribution in [3.8, 4) is 0 Å². The van der Waals surface area contributed by atoms with Crippen LogP contribution >= 0.6 is 11.6 Å². The smallest absolute Gasteiger partial charge is 0.229 e. The van der Waals surface area contributed by atoms with Crippen LogP contribution in [0.15, 0.2) is 36.5 Å². The number of nitrogens with zero attached hydrogens (tertiary/aromatic N) is 2. The number of halogens is 1. The predicted octanol–water partition coefficient (Wildman–Crippen LogP) is 2.45. The lowest BCUT2D eigenvalue weighted by Crippen LogP contribution is -2.16. The number of nitrogens with two attached hydrogens (primary N) is 1. The highest BCUT2D eigenvalue weighted by molar-refractivity contribution is 6.30. The molecular weight excluding hydrogens is 276 g/mol. The Bertz CT molecular complexity index is 661. The van der Waals surface area contributed by atoms with Crippen LogP contribution in [0.3, 0.4) is 0 Å². The maximum atomic E-state index is 12.1. The molecule has 0 unspecified atom stereocenters. The number of hydrogen-bond acceptors (Lipinski definition) is 4. The van der Waals surface area contributed by atoms with Crippen LogP contribution in [0.5, 0.6) is 0 Å². The molecule has 20 heavy (non-hydrogen) atoms. The Morgan fingerprint density at radius 3 is 3.00 bits per heavy atom. The van der Waals surface area contributed by atoms with Gasteiger partial charge in [-0.1, -0.05) is 23.7 Å². The van der Waals surface area contributed by atoms with E-state index in [1.54, 1.807) is 6.07 Å². The average molecular weight is 289 g/mol. The third-order valence-corrected chi connectivity index (χ3v) is 3.57. The summed E-state index contributed by atoms with van der Waals surface area (Å²) in [5, 5.41) is 10.9. The Kier molecular flexibility index (Phi) is 3.28. The number of carbonyl (C=O) groups excluding carboxylic acids is 1. The van der Waals surface area contributed by atoms with Crippen LogP contribution in [0.1, 0.15) is 17.9 Å². The summed E-state index contributed by atoms with van der Waals surface area (Å²) in [7, 11) is 0. The van der Waals surface area contributed by atoms with Gasteiger partial charge in [-0.05, 0) is 30.0 Å². The van der Waals surface area contributed by atoms with Crippen molar-refractivity contribution >= 4 is 29.0 Å². The first-order chi connectivity index (χ1) is 9.63. The Morgan fingerprint density at radius 1 is 1.40 bits per heavy atom. The molecule has 1 aromatic heterocycles. The zero-order valence-electron chi connectivity index (χ0n) is 10.6. The van der Waals surface area contributed by atoms with E-state index in [9.17, 15) is 4.79 Å². The highest BCUT2D eigenvalue weighted by atomic mass is 35.5. The maximum Gasteiger partial charge on any atom is 0.229 e. The lowest BCUT2D eigenvalue weighted by atomic mass is 10.1. The van der Waals surface area contributed by atoms with Gasteiger partial charge in [0.05, 0.1) is 11.9 Å². The summed E-state index contributed by atoms with van der Waals surface area (Å²) in [6, 6.07) is 9.20. The molecule has 0 bridgehead atoms. The van der Waals surface area contributed by atoms with E-state index in [0.717, 1.165) is 12.0 Å². The molecule has 1 amide bonds. The van der Waals surface area contributed by atoms with Crippen LogP contribution in [0, 0.1) is 5.92 Å². The second kappa shape index (κ2) is 5.09. The van der Waals surface area contributed by atoms with E-state index in [-0.39, 0.29) is 17.7 Å². The normalized spacial score (nSPS) is 20.4. The van der Waals surface area contributed by atoms with Gasteiger partial charge in [0.2, 0.25) is 5.91 Å². The first-order valence-corrected chi connectivity index (χ1v) is 6.66. The standard InChI is InChI=1S/C14H13ClN4O/c15-9-3-1-2-8(4-9)11-6-12(11)14(20)18-13-5-10(16)7-17-19-13/h1-5,7,11-12H,6H2,(H3,16,18,19,20)/t11-,12+/m1/s1. The van der Waals surface area contributed by atoms with Crippen LogP contribution in [-0.4, -0.2) is 16.1 Å². The van der Waals surface area contributed by atoms with Gasteiger partial charge < -0.3 is 11.1 Å². The molecule has 3 rings (SSSR count). The SMILES string of the molecule is Nc1cnnc(NC(=O)[C@H]2C[C@@H]2c2cccc(Cl)c2)c1. The Hall–Kier alpha value is -2.14. The molecule has 1 heterocycles. The van der Waals surface area contributed by atoms with E-state index in [1.807, 2.05) is 24.3 Å². The molecule has 0 radical (unpaired) electrons. The topological polar surface area (TPSA) is 80.9 Å². The second-order valence-corrected chi connectivity index (χ2v) is 5.30. The van der Waals surface area contributed by atoms with Crippen molar-refractivity contribution in [3.63, 3.8) is 0 Å². The van der Waals surface area contributed by atoms with Crippen molar-refractivity contribution in [1.82, 2.24) is 10.2 Å². The summed E-state index contributed by atoms with van der Waals surface area (Å²) < 4.78 is 0. The molecule has 1 aromatic carbocycles.